The monoisotopic (exact) mass is 284 g/mol. The van der Waals surface area contributed by atoms with Crippen molar-refractivity contribution in [2.45, 2.75) is 13.8 Å². The maximum atomic E-state index is 12.6. The summed E-state index contributed by atoms with van der Waals surface area (Å²) in [6, 6.07) is 9.35. The molecule has 20 heavy (non-hydrogen) atoms. The highest BCUT2D eigenvalue weighted by Gasteiger charge is 2.28. The van der Waals surface area contributed by atoms with E-state index in [1.165, 1.54) is 0 Å². The summed E-state index contributed by atoms with van der Waals surface area (Å²) >= 11 is 5.07. The highest BCUT2D eigenvalue weighted by molar-refractivity contribution is 7.80. The minimum absolute atomic E-state index is 0.205. The molecule has 0 radical (unpaired) electrons. The predicted octanol–water partition coefficient (Wildman–Crippen LogP) is 1.87. The van der Waals surface area contributed by atoms with Crippen molar-refractivity contribution in [2.75, 3.05) is 0 Å². The fourth-order valence-corrected chi connectivity index (χ4v) is 2.74. The zero-order valence-corrected chi connectivity index (χ0v) is 11.9. The Morgan fingerprint density at radius 1 is 1.15 bits per heavy atom. The first-order valence-corrected chi connectivity index (χ1v) is 6.59. The van der Waals surface area contributed by atoms with Crippen molar-refractivity contribution in [2.24, 2.45) is 0 Å². The van der Waals surface area contributed by atoms with E-state index in [0.29, 0.717) is 11.3 Å². The first kappa shape index (κ1) is 12.7. The SMILES string of the molecule is Cc1cccc(-n2c(C)cc3c(c2=O)C(=S)NC3=O)c1. The second-order valence-electron chi connectivity index (χ2n) is 4.84. The Kier molecular flexibility index (Phi) is 2.79. The quantitative estimate of drug-likeness (QED) is 0.813. The zero-order chi connectivity index (χ0) is 14.4. The van der Waals surface area contributed by atoms with Crippen LogP contribution in [0, 0.1) is 13.8 Å². The molecule has 0 aliphatic carbocycles. The van der Waals surface area contributed by atoms with Crippen molar-refractivity contribution in [3.63, 3.8) is 0 Å². The molecule has 1 N–H and O–H groups in total. The van der Waals surface area contributed by atoms with E-state index >= 15 is 0 Å². The van der Waals surface area contributed by atoms with Crippen molar-refractivity contribution in [3.05, 3.63) is 63.1 Å². The number of hydrogen-bond donors (Lipinski definition) is 1. The summed E-state index contributed by atoms with van der Waals surface area (Å²) in [6.07, 6.45) is 0. The molecule has 4 nitrogen and oxygen atoms in total. The molecule has 5 heteroatoms. The van der Waals surface area contributed by atoms with E-state index in [-0.39, 0.29) is 22.0 Å². The Bertz CT molecular complexity index is 821. The Labute approximate surface area is 121 Å². The van der Waals surface area contributed by atoms with Gasteiger partial charge >= 0.3 is 0 Å². The van der Waals surface area contributed by atoms with Gasteiger partial charge in [0.05, 0.1) is 11.1 Å². The van der Waals surface area contributed by atoms with Crippen LogP contribution in [0.3, 0.4) is 0 Å². The van der Waals surface area contributed by atoms with E-state index in [1.54, 1.807) is 17.6 Å². The van der Waals surface area contributed by atoms with Gasteiger partial charge in [0, 0.05) is 11.4 Å². The highest BCUT2D eigenvalue weighted by atomic mass is 32.1. The van der Waals surface area contributed by atoms with E-state index in [0.717, 1.165) is 11.3 Å². The Morgan fingerprint density at radius 3 is 2.60 bits per heavy atom. The third-order valence-electron chi connectivity index (χ3n) is 3.35. The van der Waals surface area contributed by atoms with E-state index in [1.807, 2.05) is 31.2 Å². The van der Waals surface area contributed by atoms with Gasteiger partial charge in [0.25, 0.3) is 11.5 Å². The van der Waals surface area contributed by atoms with E-state index in [9.17, 15) is 9.59 Å². The number of hydrogen-bond acceptors (Lipinski definition) is 3. The van der Waals surface area contributed by atoms with Gasteiger partial charge in [0.1, 0.15) is 4.99 Å². The fourth-order valence-electron chi connectivity index (χ4n) is 2.45. The smallest absolute Gasteiger partial charge is 0.266 e. The standard InChI is InChI=1S/C15H12N2O2S/c1-8-4-3-5-10(6-8)17-9(2)7-11-12(15(17)19)14(20)16-13(11)18/h3-7H,1-2H3,(H,16,18,20). The number of nitrogens with one attached hydrogen (secondary N) is 1. The summed E-state index contributed by atoms with van der Waals surface area (Å²) in [6.45, 7) is 3.77. The number of aromatic nitrogens is 1. The summed E-state index contributed by atoms with van der Waals surface area (Å²) in [7, 11) is 0. The Morgan fingerprint density at radius 2 is 1.90 bits per heavy atom. The number of rotatable bonds is 1. The lowest BCUT2D eigenvalue weighted by atomic mass is 10.1. The molecule has 0 atom stereocenters. The van der Waals surface area contributed by atoms with Crippen LogP contribution >= 0.6 is 12.2 Å². The average Bonchev–Trinajstić information content (AvgIpc) is 2.64. The zero-order valence-electron chi connectivity index (χ0n) is 11.1. The molecule has 1 aromatic heterocycles. The lowest BCUT2D eigenvalue weighted by Crippen LogP contribution is -2.27. The molecule has 1 aliphatic heterocycles. The van der Waals surface area contributed by atoms with Crippen LogP contribution in [-0.4, -0.2) is 15.5 Å². The third kappa shape index (κ3) is 1.78. The third-order valence-corrected chi connectivity index (χ3v) is 3.66. The molecule has 0 fully saturated rings. The van der Waals surface area contributed by atoms with Gasteiger partial charge in [-0.05, 0) is 37.6 Å². The molecule has 0 saturated carbocycles. The number of thiocarbonyl (C=S) groups is 1. The van der Waals surface area contributed by atoms with E-state index in [4.69, 9.17) is 12.2 Å². The van der Waals surface area contributed by atoms with Crippen LogP contribution in [0.2, 0.25) is 0 Å². The Hall–Kier alpha value is -2.27. The highest BCUT2D eigenvalue weighted by Crippen LogP contribution is 2.17. The molecular formula is C15H12N2O2S. The molecule has 100 valence electrons. The number of pyridine rings is 1. The van der Waals surface area contributed by atoms with Gasteiger partial charge < -0.3 is 5.32 Å². The van der Waals surface area contributed by atoms with Crippen molar-refractivity contribution < 1.29 is 4.79 Å². The topological polar surface area (TPSA) is 51.1 Å². The van der Waals surface area contributed by atoms with Crippen LogP contribution in [0.4, 0.5) is 0 Å². The fraction of sp³-hybridized carbons (Fsp3) is 0.133. The van der Waals surface area contributed by atoms with E-state index < -0.39 is 0 Å². The Balaban J connectivity index is 2.35. The molecular weight excluding hydrogens is 272 g/mol. The molecule has 0 spiro atoms. The number of carbonyl (C=O) groups excluding carboxylic acids is 1. The van der Waals surface area contributed by atoms with Crippen LogP contribution in [0.1, 0.15) is 27.2 Å². The second kappa shape index (κ2) is 4.38. The molecule has 1 aromatic carbocycles. The molecule has 0 bridgehead atoms. The average molecular weight is 284 g/mol. The number of nitrogens with zero attached hydrogens (tertiary/aromatic N) is 1. The number of aryl methyl sites for hydroxylation is 2. The number of carbonyl (C=O) groups is 1. The minimum atomic E-state index is -0.304. The summed E-state index contributed by atoms with van der Waals surface area (Å²) < 4.78 is 1.58. The molecule has 0 saturated heterocycles. The molecule has 0 unspecified atom stereocenters. The molecule has 2 aromatic rings. The first-order valence-electron chi connectivity index (χ1n) is 6.18. The van der Waals surface area contributed by atoms with Crippen molar-refractivity contribution in [1.82, 2.24) is 9.88 Å². The van der Waals surface area contributed by atoms with Crippen LogP contribution in [-0.2, 0) is 0 Å². The van der Waals surface area contributed by atoms with Crippen molar-refractivity contribution >= 4 is 23.1 Å². The van der Waals surface area contributed by atoms with Crippen LogP contribution < -0.4 is 10.9 Å². The normalized spacial score (nSPS) is 13.3. The maximum absolute atomic E-state index is 12.6. The predicted molar refractivity (Wildman–Crippen MR) is 80.7 cm³/mol. The maximum Gasteiger partial charge on any atom is 0.266 e. The first-order chi connectivity index (χ1) is 9.49. The van der Waals surface area contributed by atoms with Gasteiger partial charge in [-0.2, -0.15) is 0 Å². The van der Waals surface area contributed by atoms with Crippen LogP contribution in [0.15, 0.2) is 35.1 Å². The number of benzene rings is 1. The summed E-state index contributed by atoms with van der Waals surface area (Å²) in [5.74, 6) is -0.304. The minimum Gasteiger partial charge on any atom is -0.312 e. The summed E-state index contributed by atoms with van der Waals surface area (Å²) in [5.41, 5.74) is 2.94. The molecule has 3 rings (SSSR count). The molecule has 1 amide bonds. The van der Waals surface area contributed by atoms with Gasteiger partial charge in [-0.3, -0.25) is 14.2 Å². The van der Waals surface area contributed by atoms with Crippen molar-refractivity contribution in [3.8, 4) is 5.69 Å². The van der Waals surface area contributed by atoms with Gasteiger partial charge in [0.15, 0.2) is 0 Å². The summed E-state index contributed by atoms with van der Waals surface area (Å²) in [5, 5.41) is 2.52. The van der Waals surface area contributed by atoms with Gasteiger partial charge in [0.2, 0.25) is 0 Å². The molecule has 2 heterocycles. The molecule has 1 aliphatic rings. The van der Waals surface area contributed by atoms with Gasteiger partial charge in [-0.15, -0.1) is 0 Å². The van der Waals surface area contributed by atoms with Crippen LogP contribution in [0.25, 0.3) is 5.69 Å². The van der Waals surface area contributed by atoms with Gasteiger partial charge in [-0.1, -0.05) is 24.4 Å². The number of fused-ring (bicyclic) bond motifs is 1. The summed E-state index contributed by atoms with van der Waals surface area (Å²) in [4.78, 5) is 24.6. The second-order valence-corrected chi connectivity index (χ2v) is 5.25. The van der Waals surface area contributed by atoms with Gasteiger partial charge in [-0.25, -0.2) is 0 Å². The lowest BCUT2D eigenvalue weighted by molar-refractivity contribution is 0.0983. The lowest BCUT2D eigenvalue weighted by Gasteiger charge is -2.12. The van der Waals surface area contributed by atoms with Crippen molar-refractivity contribution in [1.29, 1.82) is 0 Å². The van der Waals surface area contributed by atoms with Crippen LogP contribution in [0.5, 0.6) is 0 Å². The largest absolute Gasteiger partial charge is 0.312 e. The van der Waals surface area contributed by atoms with E-state index in [2.05, 4.69) is 5.32 Å². The number of amides is 1.